The SMILES string of the molecule is Cc1nc(CN2CCN(C(C(=O)O)c3cc4ccccc4o3)CC2)cs1. The summed E-state index contributed by atoms with van der Waals surface area (Å²) in [6.45, 7) is 5.85. The van der Waals surface area contributed by atoms with Gasteiger partial charge in [0, 0.05) is 43.5 Å². The lowest BCUT2D eigenvalue weighted by molar-refractivity contribution is -0.145. The molecular weight excluding hydrogens is 350 g/mol. The number of carboxylic acid groups (broad SMARTS) is 1. The number of fused-ring (bicyclic) bond motifs is 1. The van der Waals surface area contributed by atoms with Crippen LogP contribution in [0.25, 0.3) is 11.0 Å². The van der Waals surface area contributed by atoms with Gasteiger partial charge in [-0.05, 0) is 19.1 Å². The third-order valence-corrected chi connectivity index (χ3v) is 5.59. The van der Waals surface area contributed by atoms with Crippen LogP contribution in [0.1, 0.15) is 22.5 Å². The van der Waals surface area contributed by atoms with E-state index in [1.807, 2.05) is 42.2 Å². The van der Waals surface area contributed by atoms with Gasteiger partial charge in [0.1, 0.15) is 11.3 Å². The molecule has 0 bridgehead atoms. The summed E-state index contributed by atoms with van der Waals surface area (Å²) < 4.78 is 5.83. The lowest BCUT2D eigenvalue weighted by atomic mass is 10.1. The van der Waals surface area contributed by atoms with E-state index in [0.29, 0.717) is 18.8 Å². The van der Waals surface area contributed by atoms with Gasteiger partial charge >= 0.3 is 5.97 Å². The molecule has 6 nitrogen and oxygen atoms in total. The Labute approximate surface area is 155 Å². The van der Waals surface area contributed by atoms with Crippen LogP contribution in [0.15, 0.2) is 40.1 Å². The Morgan fingerprint density at radius 3 is 2.73 bits per heavy atom. The van der Waals surface area contributed by atoms with E-state index < -0.39 is 12.0 Å². The number of carboxylic acids is 1. The summed E-state index contributed by atoms with van der Waals surface area (Å²) in [5.41, 5.74) is 1.82. The molecule has 7 heteroatoms. The molecule has 1 atom stereocenters. The standard InChI is InChI=1S/C19H21N3O3S/c1-13-20-15(12-26-13)11-21-6-8-22(9-7-21)18(19(23)24)17-10-14-4-2-3-5-16(14)25-17/h2-5,10,12,18H,6-9,11H2,1H3,(H,23,24). The maximum absolute atomic E-state index is 11.9. The molecule has 1 unspecified atom stereocenters. The highest BCUT2D eigenvalue weighted by atomic mass is 32.1. The molecule has 0 spiro atoms. The molecule has 1 aliphatic heterocycles. The number of rotatable bonds is 5. The Balaban J connectivity index is 1.46. The summed E-state index contributed by atoms with van der Waals surface area (Å²) in [6, 6.07) is 8.73. The molecule has 136 valence electrons. The van der Waals surface area contributed by atoms with E-state index in [4.69, 9.17) is 4.42 Å². The van der Waals surface area contributed by atoms with Crippen LogP contribution in [-0.4, -0.2) is 52.0 Å². The number of nitrogens with zero attached hydrogens (tertiary/aromatic N) is 3. The van der Waals surface area contributed by atoms with Crippen LogP contribution < -0.4 is 0 Å². The molecule has 2 aromatic heterocycles. The van der Waals surface area contributed by atoms with Crippen molar-refractivity contribution < 1.29 is 14.3 Å². The summed E-state index contributed by atoms with van der Waals surface area (Å²) >= 11 is 1.66. The fourth-order valence-electron chi connectivity index (χ4n) is 3.48. The molecule has 1 fully saturated rings. The average molecular weight is 371 g/mol. The molecule has 4 rings (SSSR count). The van der Waals surface area contributed by atoms with Gasteiger partial charge in [0.2, 0.25) is 0 Å². The van der Waals surface area contributed by atoms with E-state index in [1.165, 1.54) is 0 Å². The molecule has 0 radical (unpaired) electrons. The Hall–Kier alpha value is -2.22. The summed E-state index contributed by atoms with van der Waals surface area (Å²) in [4.78, 5) is 20.8. The fraction of sp³-hybridized carbons (Fsp3) is 0.368. The van der Waals surface area contributed by atoms with Gasteiger partial charge in [-0.15, -0.1) is 11.3 Å². The van der Waals surface area contributed by atoms with Gasteiger partial charge in [-0.2, -0.15) is 0 Å². The molecule has 26 heavy (non-hydrogen) atoms. The van der Waals surface area contributed by atoms with Crippen molar-refractivity contribution >= 4 is 28.3 Å². The first-order chi connectivity index (χ1) is 12.6. The zero-order valence-electron chi connectivity index (χ0n) is 14.6. The van der Waals surface area contributed by atoms with Gasteiger partial charge in [0.15, 0.2) is 6.04 Å². The summed E-state index contributed by atoms with van der Waals surface area (Å²) in [5.74, 6) is -0.366. The van der Waals surface area contributed by atoms with E-state index in [2.05, 4.69) is 15.3 Å². The number of aromatic nitrogens is 1. The van der Waals surface area contributed by atoms with Crippen LogP contribution in [0, 0.1) is 6.92 Å². The van der Waals surface area contributed by atoms with Crippen molar-refractivity contribution in [3.05, 3.63) is 52.2 Å². The van der Waals surface area contributed by atoms with Gasteiger partial charge in [0.05, 0.1) is 10.7 Å². The van der Waals surface area contributed by atoms with Crippen molar-refractivity contribution in [2.24, 2.45) is 0 Å². The van der Waals surface area contributed by atoms with Gasteiger partial charge < -0.3 is 9.52 Å². The summed E-state index contributed by atoms with van der Waals surface area (Å²) in [5, 5.41) is 13.9. The number of hydrogen-bond donors (Lipinski definition) is 1. The Bertz CT molecular complexity index is 879. The van der Waals surface area contributed by atoms with Crippen LogP contribution in [0.3, 0.4) is 0 Å². The van der Waals surface area contributed by atoms with Gasteiger partial charge in [0.25, 0.3) is 0 Å². The third-order valence-electron chi connectivity index (χ3n) is 4.77. The molecule has 1 N–H and O–H groups in total. The monoisotopic (exact) mass is 371 g/mol. The van der Waals surface area contributed by atoms with Crippen molar-refractivity contribution in [3.63, 3.8) is 0 Å². The molecule has 1 saturated heterocycles. The second kappa shape index (κ2) is 7.19. The predicted molar refractivity (Wildman–Crippen MR) is 100 cm³/mol. The first-order valence-electron chi connectivity index (χ1n) is 8.69. The molecule has 1 aromatic carbocycles. The van der Waals surface area contributed by atoms with Crippen LogP contribution in [0.5, 0.6) is 0 Å². The maximum Gasteiger partial charge on any atom is 0.328 e. The van der Waals surface area contributed by atoms with E-state index in [-0.39, 0.29) is 0 Å². The minimum Gasteiger partial charge on any atom is -0.480 e. The minimum absolute atomic E-state index is 0.502. The van der Waals surface area contributed by atoms with E-state index >= 15 is 0 Å². The van der Waals surface area contributed by atoms with Crippen molar-refractivity contribution in [1.82, 2.24) is 14.8 Å². The van der Waals surface area contributed by atoms with Crippen LogP contribution >= 0.6 is 11.3 Å². The van der Waals surface area contributed by atoms with Crippen molar-refractivity contribution in [1.29, 1.82) is 0 Å². The highest BCUT2D eigenvalue weighted by molar-refractivity contribution is 7.09. The smallest absolute Gasteiger partial charge is 0.328 e. The van der Waals surface area contributed by atoms with Crippen molar-refractivity contribution in [2.45, 2.75) is 19.5 Å². The zero-order chi connectivity index (χ0) is 18.1. The second-order valence-electron chi connectivity index (χ2n) is 6.60. The first kappa shape index (κ1) is 17.2. The molecule has 0 saturated carbocycles. The number of para-hydroxylation sites is 1. The van der Waals surface area contributed by atoms with Crippen LogP contribution in [0.2, 0.25) is 0 Å². The second-order valence-corrected chi connectivity index (χ2v) is 7.66. The van der Waals surface area contributed by atoms with Crippen LogP contribution in [-0.2, 0) is 11.3 Å². The number of hydrogen-bond acceptors (Lipinski definition) is 6. The lowest BCUT2D eigenvalue weighted by Crippen LogP contribution is -2.48. The largest absolute Gasteiger partial charge is 0.480 e. The van der Waals surface area contributed by atoms with Crippen LogP contribution in [0.4, 0.5) is 0 Å². The quantitative estimate of drug-likeness (QED) is 0.743. The topological polar surface area (TPSA) is 69.8 Å². The molecule has 0 aliphatic carbocycles. The summed E-state index contributed by atoms with van der Waals surface area (Å²) in [7, 11) is 0. The average Bonchev–Trinajstić information content (AvgIpc) is 3.22. The Kier molecular flexibility index (Phi) is 4.76. The van der Waals surface area contributed by atoms with E-state index in [0.717, 1.165) is 41.3 Å². The maximum atomic E-state index is 11.9. The van der Waals surface area contributed by atoms with Gasteiger partial charge in [-0.3, -0.25) is 14.6 Å². The number of furan rings is 1. The third kappa shape index (κ3) is 3.51. The Morgan fingerprint density at radius 2 is 2.08 bits per heavy atom. The molecule has 1 aliphatic rings. The van der Waals surface area contributed by atoms with Gasteiger partial charge in [-0.25, -0.2) is 4.98 Å². The minimum atomic E-state index is -0.868. The normalized spacial score (nSPS) is 17.6. The highest BCUT2D eigenvalue weighted by Crippen LogP contribution is 2.29. The van der Waals surface area contributed by atoms with Crippen molar-refractivity contribution in [3.8, 4) is 0 Å². The van der Waals surface area contributed by atoms with Crippen molar-refractivity contribution in [2.75, 3.05) is 26.2 Å². The number of aryl methyl sites for hydroxylation is 1. The first-order valence-corrected chi connectivity index (χ1v) is 9.57. The van der Waals surface area contributed by atoms with E-state index in [1.54, 1.807) is 11.3 Å². The number of thiazole rings is 1. The van der Waals surface area contributed by atoms with Gasteiger partial charge in [-0.1, -0.05) is 18.2 Å². The molecule has 3 aromatic rings. The zero-order valence-corrected chi connectivity index (χ0v) is 15.4. The van der Waals surface area contributed by atoms with E-state index in [9.17, 15) is 9.90 Å². The number of carbonyl (C=O) groups is 1. The molecule has 3 heterocycles. The molecule has 0 amide bonds. The number of aliphatic carboxylic acids is 1. The number of benzene rings is 1. The molecular formula is C19H21N3O3S. The Morgan fingerprint density at radius 1 is 1.31 bits per heavy atom. The number of piperazine rings is 1. The summed E-state index contributed by atoms with van der Waals surface area (Å²) in [6.07, 6.45) is 0. The highest BCUT2D eigenvalue weighted by Gasteiger charge is 2.33. The lowest BCUT2D eigenvalue weighted by Gasteiger charge is -2.36. The fourth-order valence-corrected chi connectivity index (χ4v) is 4.09. The predicted octanol–water partition coefficient (Wildman–Crippen LogP) is 3.14.